The monoisotopic (exact) mass is 397 g/mol. The number of aryl methyl sites for hydroxylation is 1. The van der Waals surface area contributed by atoms with Crippen LogP contribution in [0, 0.1) is 29.0 Å². The summed E-state index contributed by atoms with van der Waals surface area (Å²) < 4.78 is 13.6. The first-order valence-electron chi connectivity index (χ1n) is 9.74. The third-order valence-electron chi connectivity index (χ3n) is 4.62. The third kappa shape index (κ3) is 5.80. The van der Waals surface area contributed by atoms with Crippen LogP contribution in [0.3, 0.4) is 0 Å². The summed E-state index contributed by atoms with van der Waals surface area (Å²) in [5, 5.41) is 13.6. The van der Waals surface area contributed by atoms with E-state index in [2.05, 4.69) is 17.2 Å². The number of hydrogen-bond donors (Lipinski definition) is 2. The number of aliphatic carboxylic acids is 1. The highest BCUT2D eigenvalue weighted by Crippen LogP contribution is 2.26. The van der Waals surface area contributed by atoms with Gasteiger partial charge in [-0.3, -0.25) is 4.79 Å². The molecule has 0 aliphatic rings. The summed E-state index contributed by atoms with van der Waals surface area (Å²) in [7, 11) is 0. The number of carboxylic acid groups (broad SMARTS) is 1. The van der Waals surface area contributed by atoms with Gasteiger partial charge in [0.25, 0.3) is 5.91 Å². The van der Waals surface area contributed by atoms with Crippen LogP contribution in [-0.4, -0.2) is 23.0 Å². The Balaban J connectivity index is 2.47. The minimum absolute atomic E-state index is 0.252. The molecule has 0 heterocycles. The Morgan fingerprint density at radius 3 is 2.45 bits per heavy atom. The van der Waals surface area contributed by atoms with E-state index >= 15 is 0 Å². The maximum Gasteiger partial charge on any atom is 0.326 e. The van der Waals surface area contributed by atoms with Gasteiger partial charge in [-0.15, -0.1) is 11.8 Å². The van der Waals surface area contributed by atoms with Crippen molar-refractivity contribution in [2.75, 3.05) is 0 Å². The molecular weight excluding hydrogens is 369 g/mol. The molecule has 0 bridgehead atoms. The standard InChI is InChI=1S/C24H28FNO3/c1-15(2)8-6-7-9-19-18-13-11-17(25)14-16(18)10-12-20(19)22(27)26-21(23(28)29)24(3,4)5/h10-15,21H,7,9H2,1-5H3,(H,26,27)(H,28,29). The number of carboxylic acids is 1. The topological polar surface area (TPSA) is 66.4 Å². The smallest absolute Gasteiger partial charge is 0.326 e. The van der Waals surface area contributed by atoms with Crippen LogP contribution in [0.4, 0.5) is 4.39 Å². The number of nitrogens with one attached hydrogen (secondary N) is 1. The van der Waals surface area contributed by atoms with Gasteiger partial charge in [-0.25, -0.2) is 9.18 Å². The molecule has 0 saturated heterocycles. The molecule has 2 aromatic carbocycles. The SMILES string of the molecule is CC(C)C#CCCc1c(C(=O)NC(C(=O)O)C(C)(C)C)ccc2cc(F)ccc12. The minimum atomic E-state index is -1.09. The van der Waals surface area contributed by atoms with Crippen LogP contribution < -0.4 is 5.32 Å². The lowest BCUT2D eigenvalue weighted by molar-refractivity contribution is -0.142. The lowest BCUT2D eigenvalue weighted by Gasteiger charge is -2.28. The van der Waals surface area contributed by atoms with E-state index in [0.29, 0.717) is 23.8 Å². The zero-order chi connectivity index (χ0) is 21.8. The highest BCUT2D eigenvalue weighted by Gasteiger charge is 2.33. The maximum atomic E-state index is 13.6. The molecule has 1 unspecified atom stereocenters. The first kappa shape index (κ1) is 22.4. The van der Waals surface area contributed by atoms with Crippen LogP contribution in [0.1, 0.15) is 57.0 Å². The highest BCUT2D eigenvalue weighted by molar-refractivity contribution is 6.02. The van der Waals surface area contributed by atoms with Gasteiger partial charge >= 0.3 is 5.97 Å². The molecule has 2 aromatic rings. The summed E-state index contributed by atoms with van der Waals surface area (Å²) in [5.41, 5.74) is 0.492. The first-order valence-corrected chi connectivity index (χ1v) is 9.74. The molecule has 154 valence electrons. The Hall–Kier alpha value is -2.87. The Morgan fingerprint density at radius 2 is 1.86 bits per heavy atom. The highest BCUT2D eigenvalue weighted by atomic mass is 19.1. The number of amides is 1. The van der Waals surface area contributed by atoms with Gasteiger partial charge in [0.1, 0.15) is 11.9 Å². The van der Waals surface area contributed by atoms with Crippen molar-refractivity contribution in [3.05, 3.63) is 47.3 Å². The van der Waals surface area contributed by atoms with Crippen molar-refractivity contribution in [1.82, 2.24) is 5.32 Å². The van der Waals surface area contributed by atoms with Gasteiger partial charge in [-0.2, -0.15) is 0 Å². The van der Waals surface area contributed by atoms with E-state index in [1.807, 2.05) is 13.8 Å². The average molecular weight is 397 g/mol. The van der Waals surface area contributed by atoms with E-state index in [1.165, 1.54) is 12.1 Å². The molecular formula is C24H28FNO3. The van der Waals surface area contributed by atoms with Crippen molar-refractivity contribution in [3.8, 4) is 11.8 Å². The van der Waals surface area contributed by atoms with Crippen LogP contribution in [0.25, 0.3) is 10.8 Å². The molecule has 2 N–H and O–H groups in total. The second-order valence-electron chi connectivity index (χ2n) is 8.54. The molecule has 29 heavy (non-hydrogen) atoms. The maximum absolute atomic E-state index is 13.6. The van der Waals surface area contributed by atoms with Gasteiger partial charge in [-0.05, 0) is 46.4 Å². The van der Waals surface area contributed by atoms with E-state index in [1.54, 1.807) is 39.0 Å². The Kier molecular flexibility index (Phi) is 7.02. The molecule has 0 aliphatic heterocycles. The summed E-state index contributed by atoms with van der Waals surface area (Å²) in [4.78, 5) is 24.6. The second-order valence-corrected chi connectivity index (χ2v) is 8.54. The normalized spacial score (nSPS) is 12.4. The molecule has 1 atom stereocenters. The summed E-state index contributed by atoms with van der Waals surface area (Å²) in [6, 6.07) is 6.73. The molecule has 0 radical (unpaired) electrons. The lowest BCUT2D eigenvalue weighted by Crippen LogP contribution is -2.49. The number of fused-ring (bicyclic) bond motifs is 1. The molecule has 2 rings (SSSR count). The van der Waals surface area contributed by atoms with E-state index in [4.69, 9.17) is 0 Å². The van der Waals surface area contributed by atoms with Gasteiger partial charge < -0.3 is 10.4 Å². The van der Waals surface area contributed by atoms with Crippen LogP contribution >= 0.6 is 0 Å². The largest absolute Gasteiger partial charge is 0.480 e. The fraction of sp³-hybridized carbons (Fsp3) is 0.417. The van der Waals surface area contributed by atoms with Crippen LogP contribution in [0.2, 0.25) is 0 Å². The summed E-state index contributed by atoms with van der Waals surface area (Å²) in [6.45, 7) is 9.29. The van der Waals surface area contributed by atoms with E-state index < -0.39 is 23.3 Å². The number of rotatable bonds is 5. The first-order chi connectivity index (χ1) is 13.5. The Morgan fingerprint density at radius 1 is 1.17 bits per heavy atom. The van der Waals surface area contributed by atoms with Crippen molar-refractivity contribution in [2.24, 2.45) is 11.3 Å². The molecule has 0 fully saturated rings. The number of benzene rings is 2. The number of carbonyl (C=O) groups excluding carboxylic acids is 1. The van der Waals surface area contributed by atoms with Gasteiger partial charge in [0.2, 0.25) is 0 Å². The summed E-state index contributed by atoms with van der Waals surface area (Å²) in [6.07, 6.45) is 1.06. The fourth-order valence-electron chi connectivity index (χ4n) is 3.17. The number of hydrogen-bond acceptors (Lipinski definition) is 2. The number of carbonyl (C=O) groups is 2. The Labute approximate surface area is 171 Å². The lowest BCUT2D eigenvalue weighted by atomic mass is 9.86. The summed E-state index contributed by atoms with van der Waals surface area (Å²) >= 11 is 0. The van der Waals surface area contributed by atoms with Crippen LogP contribution in [0.5, 0.6) is 0 Å². The third-order valence-corrected chi connectivity index (χ3v) is 4.62. The van der Waals surface area contributed by atoms with Crippen molar-refractivity contribution in [3.63, 3.8) is 0 Å². The van der Waals surface area contributed by atoms with E-state index in [0.717, 1.165) is 10.9 Å². The zero-order valence-corrected chi connectivity index (χ0v) is 17.6. The zero-order valence-electron chi connectivity index (χ0n) is 17.6. The van der Waals surface area contributed by atoms with Gasteiger partial charge in [0.15, 0.2) is 0 Å². The minimum Gasteiger partial charge on any atom is -0.480 e. The van der Waals surface area contributed by atoms with Crippen molar-refractivity contribution < 1.29 is 19.1 Å². The quantitative estimate of drug-likeness (QED) is 0.712. The van der Waals surface area contributed by atoms with E-state index in [-0.39, 0.29) is 11.7 Å². The molecule has 0 aromatic heterocycles. The number of halogens is 1. The molecule has 1 amide bonds. The average Bonchev–Trinajstić information content (AvgIpc) is 2.61. The predicted octanol–water partition coefficient (Wildman–Crippen LogP) is 4.80. The van der Waals surface area contributed by atoms with Gasteiger partial charge in [0, 0.05) is 17.9 Å². The van der Waals surface area contributed by atoms with Crippen molar-refractivity contribution >= 4 is 22.6 Å². The van der Waals surface area contributed by atoms with E-state index in [9.17, 15) is 19.1 Å². The second kappa shape index (κ2) is 9.09. The Bertz CT molecular complexity index is 977. The molecule has 5 heteroatoms. The summed E-state index contributed by atoms with van der Waals surface area (Å²) in [5.74, 6) is 4.57. The van der Waals surface area contributed by atoms with Crippen molar-refractivity contribution in [1.29, 1.82) is 0 Å². The van der Waals surface area contributed by atoms with Crippen LogP contribution in [0.15, 0.2) is 30.3 Å². The van der Waals surface area contributed by atoms with Gasteiger partial charge in [0.05, 0.1) is 0 Å². The van der Waals surface area contributed by atoms with Gasteiger partial charge in [-0.1, -0.05) is 46.8 Å². The molecule has 0 saturated carbocycles. The molecule has 4 nitrogen and oxygen atoms in total. The fourth-order valence-corrected chi connectivity index (χ4v) is 3.17. The molecule has 0 aliphatic carbocycles. The van der Waals surface area contributed by atoms with Crippen LogP contribution in [-0.2, 0) is 11.2 Å². The van der Waals surface area contributed by atoms with Crippen molar-refractivity contribution in [2.45, 2.75) is 53.5 Å². The predicted molar refractivity (Wildman–Crippen MR) is 113 cm³/mol. The molecule has 0 spiro atoms.